The zero-order valence-corrected chi connectivity index (χ0v) is 16.8. The average molecular weight is 430 g/mol. The van der Waals surface area contributed by atoms with Crippen molar-refractivity contribution in [3.8, 4) is 16.3 Å². The van der Waals surface area contributed by atoms with Crippen molar-refractivity contribution in [2.45, 2.75) is 37.6 Å². The molecule has 1 amide bonds. The van der Waals surface area contributed by atoms with E-state index in [-0.39, 0.29) is 22.7 Å². The average Bonchev–Trinajstić information content (AvgIpc) is 3.21. The monoisotopic (exact) mass is 430 g/mol. The Hall–Kier alpha value is -2.91. The second kappa shape index (κ2) is 8.45. The van der Waals surface area contributed by atoms with Crippen molar-refractivity contribution in [2.75, 3.05) is 5.32 Å². The number of benzene rings is 1. The highest BCUT2D eigenvalue weighted by Crippen LogP contribution is 2.36. The number of halogens is 2. The van der Waals surface area contributed by atoms with Crippen molar-refractivity contribution in [1.29, 1.82) is 0 Å². The molecule has 156 valence electrons. The van der Waals surface area contributed by atoms with Gasteiger partial charge in [0.15, 0.2) is 11.6 Å². The number of phenolic OH excluding ortho intramolecular Hbond substituents is 1. The molecule has 9 heteroatoms. The number of anilines is 1. The molecule has 1 aliphatic rings. The molecule has 2 aromatic heterocycles. The van der Waals surface area contributed by atoms with Crippen molar-refractivity contribution in [3.63, 3.8) is 0 Å². The molecule has 0 aliphatic heterocycles. The Kier molecular flexibility index (Phi) is 5.74. The molecule has 0 bridgehead atoms. The third kappa shape index (κ3) is 4.03. The zero-order valence-electron chi connectivity index (χ0n) is 15.9. The van der Waals surface area contributed by atoms with Gasteiger partial charge in [0, 0.05) is 17.6 Å². The van der Waals surface area contributed by atoms with Gasteiger partial charge in [0.05, 0.1) is 17.4 Å². The summed E-state index contributed by atoms with van der Waals surface area (Å²) >= 11 is 0.916. The first-order valence-electron chi connectivity index (χ1n) is 9.57. The van der Waals surface area contributed by atoms with E-state index in [1.807, 2.05) is 6.07 Å². The summed E-state index contributed by atoms with van der Waals surface area (Å²) < 4.78 is 28.2. The molecule has 6 nitrogen and oxygen atoms in total. The lowest BCUT2D eigenvalue weighted by Crippen LogP contribution is -2.27. The number of thiazole rings is 1. The SMILES string of the molecule is NC1CCCC(c2ccncc2NC(=O)c2csc(-c3c(F)ccc(O)c3F)n2)C1. The maximum atomic E-state index is 14.2. The Bertz CT molecular complexity index is 1090. The Morgan fingerprint density at radius 2 is 2.10 bits per heavy atom. The van der Waals surface area contributed by atoms with E-state index in [4.69, 9.17) is 5.73 Å². The third-order valence-electron chi connectivity index (χ3n) is 5.28. The first-order valence-corrected chi connectivity index (χ1v) is 10.5. The van der Waals surface area contributed by atoms with Crippen LogP contribution in [0.2, 0.25) is 0 Å². The number of aromatic nitrogens is 2. The highest BCUT2D eigenvalue weighted by atomic mass is 32.1. The third-order valence-corrected chi connectivity index (χ3v) is 6.14. The topological polar surface area (TPSA) is 101 Å². The molecule has 2 atom stereocenters. The summed E-state index contributed by atoms with van der Waals surface area (Å²) in [6, 6.07) is 3.89. The van der Waals surface area contributed by atoms with Crippen LogP contribution in [0.3, 0.4) is 0 Å². The largest absolute Gasteiger partial charge is 0.505 e. The Labute approximate surface area is 175 Å². The normalized spacial score (nSPS) is 18.9. The van der Waals surface area contributed by atoms with Gasteiger partial charge < -0.3 is 16.2 Å². The van der Waals surface area contributed by atoms with Crippen LogP contribution in [-0.2, 0) is 0 Å². The Morgan fingerprint density at radius 3 is 2.90 bits per heavy atom. The summed E-state index contributed by atoms with van der Waals surface area (Å²) in [5, 5.41) is 13.7. The number of carbonyl (C=O) groups excluding carboxylic acids is 1. The molecule has 0 spiro atoms. The van der Waals surface area contributed by atoms with E-state index in [2.05, 4.69) is 15.3 Å². The van der Waals surface area contributed by atoms with Crippen LogP contribution in [0.15, 0.2) is 36.0 Å². The van der Waals surface area contributed by atoms with Gasteiger partial charge in [-0.3, -0.25) is 9.78 Å². The predicted molar refractivity (Wildman–Crippen MR) is 111 cm³/mol. The van der Waals surface area contributed by atoms with Gasteiger partial charge in [-0.1, -0.05) is 6.42 Å². The number of nitrogens with two attached hydrogens (primary N) is 1. The van der Waals surface area contributed by atoms with Gasteiger partial charge in [-0.2, -0.15) is 0 Å². The van der Waals surface area contributed by atoms with Crippen LogP contribution in [-0.4, -0.2) is 27.0 Å². The number of nitrogens with zero attached hydrogens (tertiary/aromatic N) is 2. The molecule has 0 radical (unpaired) electrons. The molecular weight excluding hydrogens is 410 g/mol. The zero-order chi connectivity index (χ0) is 21.3. The fourth-order valence-corrected chi connectivity index (χ4v) is 4.63. The number of amides is 1. The van der Waals surface area contributed by atoms with Gasteiger partial charge in [0.1, 0.15) is 16.5 Å². The number of rotatable bonds is 4. The second-order valence-corrected chi connectivity index (χ2v) is 8.19. The molecule has 1 aromatic carbocycles. The molecule has 1 fully saturated rings. The van der Waals surface area contributed by atoms with Crippen molar-refractivity contribution >= 4 is 22.9 Å². The summed E-state index contributed by atoms with van der Waals surface area (Å²) in [5.41, 5.74) is 7.21. The molecular formula is C21H20F2N4O2S. The minimum Gasteiger partial charge on any atom is -0.505 e. The lowest BCUT2D eigenvalue weighted by atomic mass is 9.81. The smallest absolute Gasteiger partial charge is 0.275 e. The maximum Gasteiger partial charge on any atom is 0.275 e. The summed E-state index contributed by atoms with van der Waals surface area (Å²) in [7, 11) is 0. The predicted octanol–water partition coefficient (Wildman–Crippen LogP) is 4.43. The number of pyridine rings is 1. The van der Waals surface area contributed by atoms with Crippen molar-refractivity contribution in [3.05, 3.63) is 58.9 Å². The van der Waals surface area contributed by atoms with E-state index in [0.29, 0.717) is 5.69 Å². The van der Waals surface area contributed by atoms with Gasteiger partial charge in [-0.05, 0) is 48.9 Å². The van der Waals surface area contributed by atoms with Gasteiger partial charge in [-0.25, -0.2) is 13.8 Å². The number of nitrogens with one attached hydrogen (secondary N) is 1. The van der Waals surface area contributed by atoms with E-state index >= 15 is 0 Å². The van der Waals surface area contributed by atoms with Gasteiger partial charge in [-0.15, -0.1) is 11.3 Å². The number of hydrogen-bond donors (Lipinski definition) is 3. The highest BCUT2D eigenvalue weighted by Gasteiger charge is 2.25. The fourth-order valence-electron chi connectivity index (χ4n) is 3.79. The van der Waals surface area contributed by atoms with Crippen molar-refractivity contribution < 1.29 is 18.7 Å². The van der Waals surface area contributed by atoms with Crippen molar-refractivity contribution in [2.24, 2.45) is 5.73 Å². The summed E-state index contributed by atoms with van der Waals surface area (Å²) in [5.74, 6) is -2.94. The maximum absolute atomic E-state index is 14.2. The van der Waals surface area contributed by atoms with E-state index in [1.54, 1.807) is 12.4 Å². The first kappa shape index (κ1) is 20.4. The fraction of sp³-hybridized carbons (Fsp3) is 0.286. The van der Waals surface area contributed by atoms with E-state index in [1.165, 1.54) is 5.38 Å². The van der Waals surface area contributed by atoms with E-state index in [0.717, 1.165) is 54.7 Å². The molecule has 1 aliphatic carbocycles. The molecule has 2 unspecified atom stereocenters. The van der Waals surface area contributed by atoms with Gasteiger partial charge in [0.25, 0.3) is 5.91 Å². The van der Waals surface area contributed by atoms with Gasteiger partial charge >= 0.3 is 0 Å². The van der Waals surface area contributed by atoms with Crippen LogP contribution in [0.25, 0.3) is 10.6 Å². The van der Waals surface area contributed by atoms with Crippen LogP contribution < -0.4 is 11.1 Å². The second-order valence-electron chi connectivity index (χ2n) is 7.33. The first-order chi connectivity index (χ1) is 14.4. The molecule has 4 N–H and O–H groups in total. The number of aromatic hydroxyl groups is 1. The summed E-state index contributed by atoms with van der Waals surface area (Å²) in [6.45, 7) is 0. The minimum absolute atomic E-state index is 0.0206. The molecule has 1 saturated carbocycles. The number of phenols is 1. The summed E-state index contributed by atoms with van der Waals surface area (Å²) in [4.78, 5) is 20.9. The molecule has 0 saturated heterocycles. The minimum atomic E-state index is -1.11. The van der Waals surface area contributed by atoms with Crippen LogP contribution in [0.4, 0.5) is 14.5 Å². The quantitative estimate of drug-likeness (QED) is 0.569. The molecule has 4 rings (SSSR count). The Morgan fingerprint density at radius 1 is 1.27 bits per heavy atom. The lowest BCUT2D eigenvalue weighted by Gasteiger charge is -2.28. The summed E-state index contributed by atoms with van der Waals surface area (Å²) in [6.07, 6.45) is 7.10. The molecule has 3 aromatic rings. The van der Waals surface area contributed by atoms with E-state index in [9.17, 15) is 18.7 Å². The standard InChI is InChI=1S/C21H20F2N4O2S/c22-14-4-5-17(28)19(23)18(14)21-27-16(10-30-21)20(29)26-15-9-25-7-6-13(15)11-2-1-3-12(24)8-11/h4-7,9-12,28H,1-3,8,24H2,(H,26,29). The van der Waals surface area contributed by atoms with Gasteiger partial charge in [0.2, 0.25) is 0 Å². The van der Waals surface area contributed by atoms with Crippen molar-refractivity contribution in [1.82, 2.24) is 9.97 Å². The van der Waals surface area contributed by atoms with Crippen LogP contribution in [0, 0.1) is 11.6 Å². The molecule has 30 heavy (non-hydrogen) atoms. The number of carbonyl (C=O) groups is 1. The highest BCUT2D eigenvalue weighted by molar-refractivity contribution is 7.13. The number of hydrogen-bond acceptors (Lipinski definition) is 6. The van der Waals surface area contributed by atoms with Crippen LogP contribution in [0.5, 0.6) is 5.75 Å². The Balaban J connectivity index is 1.58. The van der Waals surface area contributed by atoms with Crippen LogP contribution >= 0.6 is 11.3 Å². The van der Waals surface area contributed by atoms with E-state index < -0.39 is 28.9 Å². The van der Waals surface area contributed by atoms with Crippen LogP contribution in [0.1, 0.15) is 47.7 Å². The lowest BCUT2D eigenvalue weighted by molar-refractivity contribution is 0.102. The molecule has 2 heterocycles.